The fourth-order valence-electron chi connectivity index (χ4n) is 2.32. The van der Waals surface area contributed by atoms with Crippen molar-refractivity contribution in [1.82, 2.24) is 0 Å². The van der Waals surface area contributed by atoms with Crippen molar-refractivity contribution in [1.29, 1.82) is 5.26 Å². The lowest BCUT2D eigenvalue weighted by molar-refractivity contribution is -0.119. The van der Waals surface area contributed by atoms with Gasteiger partial charge in [0.05, 0.1) is 11.8 Å². The van der Waals surface area contributed by atoms with Crippen LogP contribution in [0.2, 0.25) is 0 Å². The molecule has 2 aromatic carbocycles. The van der Waals surface area contributed by atoms with Crippen molar-refractivity contribution in [2.75, 3.05) is 0 Å². The van der Waals surface area contributed by atoms with Gasteiger partial charge >= 0.3 is 0 Å². The maximum absolute atomic E-state index is 11.9. The average molecular weight is 273 g/mol. The lowest BCUT2D eigenvalue weighted by atomic mass is 9.88. The molecule has 0 bridgehead atoms. The zero-order valence-electron chi connectivity index (χ0n) is 11.1. The number of amides is 1. The Balaban J connectivity index is 2.26. The zero-order chi connectivity index (χ0) is 14.7. The maximum atomic E-state index is 11.9. The van der Waals surface area contributed by atoms with E-state index in [2.05, 4.69) is 10.2 Å². The summed E-state index contributed by atoms with van der Waals surface area (Å²) in [5.74, 6) is -1.43. The Morgan fingerprint density at radius 1 is 0.857 bits per heavy atom. The van der Waals surface area contributed by atoms with E-state index in [0.29, 0.717) is 11.3 Å². The highest BCUT2D eigenvalue weighted by Gasteiger charge is 2.31. The number of benzene rings is 2. The average Bonchev–Trinajstić information content (AvgIpc) is 2.56. The first kappa shape index (κ1) is 12.9. The van der Waals surface area contributed by atoms with Gasteiger partial charge in [0.1, 0.15) is 0 Å². The number of nitrogens with zero attached hydrogens (tertiary/aromatic N) is 3. The molecule has 0 aromatic heterocycles. The molecule has 21 heavy (non-hydrogen) atoms. The van der Waals surface area contributed by atoms with E-state index in [1.165, 1.54) is 0 Å². The smallest absolute Gasteiger partial charge is 0.269 e. The summed E-state index contributed by atoms with van der Waals surface area (Å²) in [5.41, 5.74) is 2.85. The van der Waals surface area contributed by atoms with Crippen LogP contribution >= 0.6 is 0 Å². The highest BCUT2D eigenvalue weighted by Crippen LogP contribution is 2.36. The molecule has 3 rings (SSSR count). The normalized spacial score (nSPS) is 17.7. The van der Waals surface area contributed by atoms with Gasteiger partial charge in [-0.3, -0.25) is 4.79 Å². The fourth-order valence-corrected chi connectivity index (χ4v) is 2.32. The van der Waals surface area contributed by atoms with E-state index in [-0.39, 0.29) is 0 Å². The second-order valence-corrected chi connectivity index (χ2v) is 4.59. The van der Waals surface area contributed by atoms with Crippen LogP contribution in [0.25, 0.3) is 11.3 Å². The molecule has 1 aliphatic heterocycles. The van der Waals surface area contributed by atoms with Crippen LogP contribution in [0, 0.1) is 17.2 Å². The molecule has 0 aliphatic carbocycles. The highest BCUT2D eigenvalue weighted by molar-refractivity contribution is 6.05. The first-order chi connectivity index (χ1) is 10.3. The third-order valence-electron chi connectivity index (χ3n) is 3.30. The topological polar surface area (TPSA) is 65.6 Å². The van der Waals surface area contributed by atoms with Gasteiger partial charge in [-0.2, -0.15) is 5.26 Å². The van der Waals surface area contributed by atoms with Gasteiger partial charge in [0.2, 0.25) is 0 Å². The standard InChI is InChI=1S/C17H11N3O/c18-11-14-15(12-7-3-1-4-8-12)16(19-20-17(14)21)13-9-5-2-6-10-13/h1-10,14H. The van der Waals surface area contributed by atoms with Crippen LogP contribution in [0.4, 0.5) is 0 Å². The molecule has 0 saturated heterocycles. The molecule has 1 atom stereocenters. The Morgan fingerprint density at radius 3 is 2.00 bits per heavy atom. The monoisotopic (exact) mass is 273 g/mol. The van der Waals surface area contributed by atoms with Gasteiger partial charge in [-0.15, -0.1) is 10.2 Å². The predicted molar refractivity (Wildman–Crippen MR) is 78.7 cm³/mol. The van der Waals surface area contributed by atoms with Crippen LogP contribution in [-0.2, 0) is 4.79 Å². The van der Waals surface area contributed by atoms with Crippen LogP contribution in [0.1, 0.15) is 11.1 Å². The lowest BCUT2D eigenvalue weighted by Gasteiger charge is -2.18. The summed E-state index contributed by atoms with van der Waals surface area (Å²) in [7, 11) is 0. The maximum Gasteiger partial charge on any atom is 0.286 e. The van der Waals surface area contributed by atoms with Crippen molar-refractivity contribution < 1.29 is 4.79 Å². The van der Waals surface area contributed by atoms with Gasteiger partial charge in [0.15, 0.2) is 5.92 Å². The molecule has 100 valence electrons. The molecule has 2 aromatic rings. The van der Waals surface area contributed by atoms with Gasteiger partial charge in [-0.05, 0) is 5.56 Å². The zero-order valence-corrected chi connectivity index (χ0v) is 11.1. The first-order valence-electron chi connectivity index (χ1n) is 6.51. The van der Waals surface area contributed by atoms with Crippen LogP contribution in [0.5, 0.6) is 0 Å². The van der Waals surface area contributed by atoms with Crippen LogP contribution in [-0.4, -0.2) is 5.91 Å². The van der Waals surface area contributed by atoms with Gasteiger partial charge in [0, 0.05) is 11.1 Å². The van der Waals surface area contributed by atoms with Crippen molar-refractivity contribution in [2.45, 2.75) is 0 Å². The largest absolute Gasteiger partial charge is 0.286 e. The summed E-state index contributed by atoms with van der Waals surface area (Å²) >= 11 is 0. The second-order valence-electron chi connectivity index (χ2n) is 4.59. The van der Waals surface area contributed by atoms with Crippen molar-refractivity contribution in [3.05, 3.63) is 71.8 Å². The molecule has 1 amide bonds. The molecule has 0 radical (unpaired) electrons. The molecule has 0 spiro atoms. The quantitative estimate of drug-likeness (QED) is 0.837. The third kappa shape index (κ3) is 2.37. The number of rotatable bonds is 2. The number of hydrogen-bond donors (Lipinski definition) is 0. The molecular formula is C17H11N3O. The summed E-state index contributed by atoms with van der Waals surface area (Å²) in [6.07, 6.45) is 0. The van der Waals surface area contributed by atoms with Gasteiger partial charge in [-0.25, -0.2) is 0 Å². The van der Waals surface area contributed by atoms with E-state index in [9.17, 15) is 10.1 Å². The van der Waals surface area contributed by atoms with Crippen molar-refractivity contribution in [2.24, 2.45) is 16.1 Å². The van der Waals surface area contributed by atoms with Crippen molar-refractivity contribution in [3.8, 4) is 6.07 Å². The van der Waals surface area contributed by atoms with E-state index < -0.39 is 11.8 Å². The van der Waals surface area contributed by atoms with Gasteiger partial charge in [0.25, 0.3) is 5.91 Å². The molecule has 4 heteroatoms. The summed E-state index contributed by atoms with van der Waals surface area (Å²) in [6, 6.07) is 20.9. The molecule has 1 heterocycles. The third-order valence-corrected chi connectivity index (χ3v) is 3.30. The first-order valence-corrected chi connectivity index (χ1v) is 6.51. The Kier molecular flexibility index (Phi) is 3.40. The Labute approximate surface area is 122 Å². The Morgan fingerprint density at radius 2 is 1.43 bits per heavy atom. The highest BCUT2D eigenvalue weighted by atomic mass is 16.2. The summed E-state index contributed by atoms with van der Waals surface area (Å²) in [5, 5.41) is 17.0. The van der Waals surface area contributed by atoms with E-state index in [1.54, 1.807) is 0 Å². The lowest BCUT2D eigenvalue weighted by Crippen LogP contribution is -2.16. The SMILES string of the molecule is N#CC1C(=O)N=NC(c2ccccc2)=C1c1ccccc1. The summed E-state index contributed by atoms with van der Waals surface area (Å²) < 4.78 is 0. The summed E-state index contributed by atoms with van der Waals surface area (Å²) in [4.78, 5) is 11.9. The molecule has 0 N–H and O–H groups in total. The molecule has 4 nitrogen and oxygen atoms in total. The summed E-state index contributed by atoms with van der Waals surface area (Å²) in [6.45, 7) is 0. The van der Waals surface area contributed by atoms with Gasteiger partial charge in [-0.1, -0.05) is 60.7 Å². The predicted octanol–water partition coefficient (Wildman–Crippen LogP) is 3.69. The minimum Gasteiger partial charge on any atom is -0.269 e. The van der Waals surface area contributed by atoms with E-state index >= 15 is 0 Å². The van der Waals surface area contributed by atoms with E-state index in [0.717, 1.165) is 11.1 Å². The number of carbonyl (C=O) groups excluding carboxylic acids is 1. The molecule has 1 unspecified atom stereocenters. The molecular weight excluding hydrogens is 262 g/mol. The Hall–Kier alpha value is -3.06. The van der Waals surface area contributed by atoms with Crippen LogP contribution in [0.15, 0.2) is 70.9 Å². The number of nitriles is 1. The van der Waals surface area contributed by atoms with Gasteiger partial charge < -0.3 is 0 Å². The molecule has 0 saturated carbocycles. The van der Waals surface area contributed by atoms with Crippen LogP contribution < -0.4 is 0 Å². The van der Waals surface area contributed by atoms with E-state index in [1.807, 2.05) is 66.7 Å². The minimum atomic E-state index is -0.917. The molecule has 1 aliphatic rings. The van der Waals surface area contributed by atoms with Crippen molar-refractivity contribution >= 4 is 17.2 Å². The van der Waals surface area contributed by atoms with Crippen LogP contribution in [0.3, 0.4) is 0 Å². The molecule has 0 fully saturated rings. The fraction of sp³-hybridized carbons (Fsp3) is 0.0588. The second kappa shape index (κ2) is 5.51. The number of hydrogen-bond acceptors (Lipinski definition) is 3. The van der Waals surface area contributed by atoms with E-state index in [4.69, 9.17) is 0 Å². The number of carbonyl (C=O) groups is 1. The number of azo groups is 1. The Bertz CT molecular complexity index is 771. The minimum absolute atomic E-state index is 0.518. The van der Waals surface area contributed by atoms with Crippen molar-refractivity contribution in [3.63, 3.8) is 0 Å².